The molecule has 1 saturated carbocycles. The van der Waals surface area contributed by atoms with Crippen molar-refractivity contribution < 1.29 is 14.3 Å². The van der Waals surface area contributed by atoms with Crippen molar-refractivity contribution in [2.24, 2.45) is 0 Å². The van der Waals surface area contributed by atoms with E-state index in [9.17, 15) is 9.18 Å². The van der Waals surface area contributed by atoms with E-state index in [1.54, 1.807) is 12.1 Å². The third-order valence-corrected chi connectivity index (χ3v) is 2.36. The van der Waals surface area contributed by atoms with E-state index >= 15 is 0 Å². The molecule has 1 aromatic heterocycles. The quantitative estimate of drug-likeness (QED) is 0.749. The van der Waals surface area contributed by atoms with Crippen molar-refractivity contribution in [3.05, 3.63) is 30.1 Å². The number of nitrogens with zero attached hydrogens (tertiary/aromatic N) is 1. The maximum atomic E-state index is 13.4. The summed E-state index contributed by atoms with van der Waals surface area (Å²) in [5, 5.41) is 8.55. The number of carboxylic acid groups (broad SMARTS) is 1. The van der Waals surface area contributed by atoms with Crippen LogP contribution >= 0.6 is 0 Å². The maximum absolute atomic E-state index is 13.4. The summed E-state index contributed by atoms with van der Waals surface area (Å²) in [6, 6.07) is 3.30. The molecule has 4 heteroatoms. The molecule has 0 bridgehead atoms. The third-order valence-electron chi connectivity index (χ3n) is 2.36. The van der Waals surface area contributed by atoms with E-state index in [1.165, 1.54) is 12.4 Å². The first-order valence-electron chi connectivity index (χ1n) is 3.97. The Labute approximate surface area is 74.2 Å². The lowest BCUT2D eigenvalue weighted by molar-refractivity contribution is -0.144. The van der Waals surface area contributed by atoms with Crippen molar-refractivity contribution in [1.82, 2.24) is 4.98 Å². The summed E-state index contributed by atoms with van der Waals surface area (Å²) in [6.45, 7) is 0. The van der Waals surface area contributed by atoms with E-state index in [0.717, 1.165) is 0 Å². The standard InChI is InChI=1S/C9H8FNO2/c10-9(8(12)13)5-7(9)6-1-3-11-4-2-6/h1-4,7H,5H2,(H,12,13). The van der Waals surface area contributed by atoms with Crippen LogP contribution in [0.5, 0.6) is 0 Å². The summed E-state index contributed by atoms with van der Waals surface area (Å²) in [6.07, 6.45) is 3.15. The highest BCUT2D eigenvalue weighted by molar-refractivity contribution is 5.83. The van der Waals surface area contributed by atoms with E-state index in [4.69, 9.17) is 5.11 Å². The molecule has 1 aliphatic rings. The van der Waals surface area contributed by atoms with Gasteiger partial charge in [0.15, 0.2) is 0 Å². The highest BCUT2D eigenvalue weighted by atomic mass is 19.1. The molecule has 0 saturated heterocycles. The van der Waals surface area contributed by atoms with Crippen LogP contribution in [0.4, 0.5) is 4.39 Å². The molecule has 0 radical (unpaired) electrons. The lowest BCUT2D eigenvalue weighted by atomic mass is 10.1. The van der Waals surface area contributed by atoms with Crippen molar-refractivity contribution in [1.29, 1.82) is 0 Å². The Morgan fingerprint density at radius 3 is 2.69 bits per heavy atom. The zero-order valence-electron chi connectivity index (χ0n) is 6.77. The minimum atomic E-state index is -2.04. The zero-order valence-corrected chi connectivity index (χ0v) is 6.77. The van der Waals surface area contributed by atoms with Crippen LogP contribution in [0.15, 0.2) is 24.5 Å². The second kappa shape index (κ2) is 2.52. The van der Waals surface area contributed by atoms with Crippen molar-refractivity contribution in [2.45, 2.75) is 18.0 Å². The maximum Gasteiger partial charge on any atom is 0.342 e. The van der Waals surface area contributed by atoms with Gasteiger partial charge in [-0.25, -0.2) is 9.18 Å². The van der Waals surface area contributed by atoms with Crippen LogP contribution < -0.4 is 0 Å². The van der Waals surface area contributed by atoms with Gasteiger partial charge in [-0.15, -0.1) is 0 Å². The van der Waals surface area contributed by atoms with Gasteiger partial charge >= 0.3 is 5.97 Å². The molecular weight excluding hydrogens is 173 g/mol. The molecule has 2 atom stereocenters. The molecule has 1 heterocycles. The summed E-state index contributed by atoms with van der Waals surface area (Å²) in [5.74, 6) is -1.86. The van der Waals surface area contributed by atoms with Gasteiger partial charge in [0.25, 0.3) is 0 Å². The highest BCUT2D eigenvalue weighted by Gasteiger charge is 2.62. The predicted octanol–water partition coefficient (Wildman–Crippen LogP) is 1.36. The molecule has 0 spiro atoms. The van der Waals surface area contributed by atoms with Gasteiger partial charge in [-0.05, 0) is 17.7 Å². The van der Waals surface area contributed by atoms with E-state index < -0.39 is 17.6 Å². The third kappa shape index (κ3) is 1.18. The summed E-state index contributed by atoms with van der Waals surface area (Å²) < 4.78 is 13.4. The molecule has 0 aliphatic heterocycles. The minimum absolute atomic E-state index is 0.0757. The Morgan fingerprint density at radius 1 is 1.62 bits per heavy atom. The van der Waals surface area contributed by atoms with E-state index in [1.807, 2.05) is 0 Å². The van der Waals surface area contributed by atoms with Crippen LogP contribution in [-0.2, 0) is 4.79 Å². The van der Waals surface area contributed by atoms with Crippen molar-refractivity contribution in [2.75, 3.05) is 0 Å². The number of carbonyl (C=O) groups is 1. The number of alkyl halides is 1. The van der Waals surface area contributed by atoms with Crippen LogP contribution in [0.2, 0.25) is 0 Å². The van der Waals surface area contributed by atoms with Crippen LogP contribution in [-0.4, -0.2) is 21.7 Å². The first-order valence-corrected chi connectivity index (χ1v) is 3.97. The molecule has 0 amide bonds. The van der Waals surface area contributed by atoms with Gasteiger partial charge in [0.2, 0.25) is 5.67 Å². The molecule has 13 heavy (non-hydrogen) atoms. The molecule has 1 aliphatic carbocycles. The van der Waals surface area contributed by atoms with E-state index in [0.29, 0.717) is 5.56 Å². The summed E-state index contributed by atoms with van der Waals surface area (Å²) in [4.78, 5) is 14.3. The second-order valence-electron chi connectivity index (χ2n) is 3.20. The Morgan fingerprint density at radius 2 is 2.23 bits per heavy atom. The number of carboxylic acids is 1. The predicted molar refractivity (Wildman–Crippen MR) is 43.1 cm³/mol. The van der Waals surface area contributed by atoms with Gasteiger partial charge in [0, 0.05) is 24.7 Å². The minimum Gasteiger partial charge on any atom is -0.479 e. The number of rotatable bonds is 2. The van der Waals surface area contributed by atoms with Gasteiger partial charge in [-0.3, -0.25) is 4.98 Å². The molecule has 2 unspecified atom stereocenters. The lowest BCUT2D eigenvalue weighted by Crippen LogP contribution is -2.17. The Kier molecular flexibility index (Phi) is 1.58. The van der Waals surface area contributed by atoms with Crippen LogP contribution in [0.3, 0.4) is 0 Å². The summed E-state index contributed by atoms with van der Waals surface area (Å²) >= 11 is 0. The molecule has 2 rings (SSSR count). The van der Waals surface area contributed by atoms with Crippen molar-refractivity contribution in [3.8, 4) is 0 Å². The molecule has 1 N–H and O–H groups in total. The summed E-state index contributed by atoms with van der Waals surface area (Å²) in [7, 11) is 0. The van der Waals surface area contributed by atoms with Crippen molar-refractivity contribution >= 4 is 5.97 Å². The number of halogens is 1. The summed E-state index contributed by atoms with van der Waals surface area (Å²) in [5.41, 5.74) is -1.33. The Bertz CT molecular complexity index is 341. The van der Waals surface area contributed by atoms with Crippen LogP contribution in [0, 0.1) is 0 Å². The lowest BCUT2D eigenvalue weighted by Gasteiger charge is -2.00. The fraction of sp³-hybridized carbons (Fsp3) is 0.333. The number of aliphatic carboxylic acids is 1. The normalized spacial score (nSPS) is 31.3. The number of hydrogen-bond acceptors (Lipinski definition) is 2. The Hall–Kier alpha value is -1.45. The molecule has 1 fully saturated rings. The SMILES string of the molecule is O=C(O)C1(F)CC1c1ccncc1. The fourth-order valence-electron chi connectivity index (χ4n) is 1.45. The topological polar surface area (TPSA) is 50.2 Å². The number of pyridine rings is 1. The second-order valence-corrected chi connectivity index (χ2v) is 3.20. The monoisotopic (exact) mass is 181 g/mol. The van der Waals surface area contributed by atoms with E-state index in [-0.39, 0.29) is 6.42 Å². The fourth-order valence-corrected chi connectivity index (χ4v) is 1.45. The van der Waals surface area contributed by atoms with Crippen LogP contribution in [0.1, 0.15) is 17.9 Å². The first kappa shape index (κ1) is 8.16. The molecule has 68 valence electrons. The number of hydrogen-bond donors (Lipinski definition) is 1. The van der Waals surface area contributed by atoms with Gasteiger partial charge in [0.1, 0.15) is 0 Å². The average Bonchev–Trinajstić information content (AvgIpc) is 2.81. The van der Waals surface area contributed by atoms with Gasteiger partial charge < -0.3 is 5.11 Å². The molecular formula is C9H8FNO2. The molecule has 1 aromatic rings. The molecule has 3 nitrogen and oxygen atoms in total. The zero-order chi connectivity index (χ0) is 9.47. The highest BCUT2D eigenvalue weighted by Crippen LogP contribution is 2.54. The Balaban J connectivity index is 2.21. The van der Waals surface area contributed by atoms with Gasteiger partial charge in [-0.2, -0.15) is 0 Å². The largest absolute Gasteiger partial charge is 0.479 e. The smallest absolute Gasteiger partial charge is 0.342 e. The first-order chi connectivity index (χ1) is 6.14. The van der Waals surface area contributed by atoms with Gasteiger partial charge in [-0.1, -0.05) is 0 Å². The van der Waals surface area contributed by atoms with Gasteiger partial charge in [0.05, 0.1) is 0 Å². The van der Waals surface area contributed by atoms with E-state index in [2.05, 4.69) is 4.98 Å². The molecule has 0 aromatic carbocycles. The number of aromatic nitrogens is 1. The average molecular weight is 181 g/mol. The van der Waals surface area contributed by atoms with Crippen molar-refractivity contribution in [3.63, 3.8) is 0 Å². The van der Waals surface area contributed by atoms with Crippen LogP contribution in [0.25, 0.3) is 0 Å².